The van der Waals surface area contributed by atoms with Gasteiger partial charge in [0.25, 0.3) is 11.8 Å². The van der Waals surface area contributed by atoms with Crippen LogP contribution < -0.4 is 4.90 Å². The number of anilines is 1. The Labute approximate surface area is 168 Å². The second-order valence-electron chi connectivity index (χ2n) is 8.30. The van der Waals surface area contributed by atoms with Gasteiger partial charge in [0, 0.05) is 31.6 Å². The molecule has 8 heteroatoms. The monoisotopic (exact) mass is 403 g/mol. The van der Waals surface area contributed by atoms with Crippen molar-refractivity contribution < 1.29 is 19.1 Å². The van der Waals surface area contributed by atoms with Crippen molar-refractivity contribution in [2.24, 2.45) is 5.92 Å². The highest BCUT2D eigenvalue weighted by atomic mass is 32.1. The van der Waals surface area contributed by atoms with E-state index in [-0.39, 0.29) is 30.4 Å². The lowest BCUT2D eigenvalue weighted by Crippen LogP contribution is -2.42. The molecule has 0 spiro atoms. The van der Waals surface area contributed by atoms with E-state index in [0.717, 1.165) is 41.1 Å². The lowest BCUT2D eigenvalue weighted by molar-refractivity contribution is -0.141. The number of nitrogens with zero attached hydrogens (tertiary/aromatic N) is 3. The highest BCUT2D eigenvalue weighted by Crippen LogP contribution is 2.43. The van der Waals surface area contributed by atoms with Crippen LogP contribution in [-0.4, -0.2) is 66.9 Å². The third-order valence-corrected chi connectivity index (χ3v) is 7.41. The third-order valence-electron chi connectivity index (χ3n) is 6.17. The van der Waals surface area contributed by atoms with E-state index in [4.69, 9.17) is 4.74 Å². The van der Waals surface area contributed by atoms with Gasteiger partial charge in [-0.15, -0.1) is 11.3 Å². The number of ether oxygens (including phenoxy) is 1. The van der Waals surface area contributed by atoms with E-state index >= 15 is 0 Å². The standard InChI is InChI=1S/C20H25N3O4S/c1-21-11-16(24)23(9-12-4-5-12)20-17(19(21)26)13-6-7-22(10-15(13)28-20)18(25)14-3-2-8-27-14/h12,14H,2-11H2,1H3. The van der Waals surface area contributed by atoms with Gasteiger partial charge in [0.1, 0.15) is 17.6 Å². The molecule has 1 saturated heterocycles. The summed E-state index contributed by atoms with van der Waals surface area (Å²) in [4.78, 5) is 44.9. The molecule has 4 aliphatic rings. The number of fused-ring (bicyclic) bond motifs is 3. The van der Waals surface area contributed by atoms with E-state index in [2.05, 4.69) is 0 Å². The Balaban J connectivity index is 1.47. The maximum Gasteiger partial charge on any atom is 0.257 e. The van der Waals surface area contributed by atoms with Crippen LogP contribution >= 0.6 is 11.3 Å². The maximum atomic E-state index is 13.0. The summed E-state index contributed by atoms with van der Waals surface area (Å²) in [6.07, 6.45) is 4.36. The van der Waals surface area contributed by atoms with Crippen LogP contribution in [0.1, 0.15) is 46.5 Å². The van der Waals surface area contributed by atoms with Crippen molar-refractivity contribution in [1.82, 2.24) is 9.80 Å². The van der Waals surface area contributed by atoms with Gasteiger partial charge < -0.3 is 19.4 Å². The van der Waals surface area contributed by atoms with Gasteiger partial charge in [-0.1, -0.05) is 0 Å². The highest BCUT2D eigenvalue weighted by molar-refractivity contribution is 7.17. The minimum atomic E-state index is -0.319. The summed E-state index contributed by atoms with van der Waals surface area (Å²) < 4.78 is 5.57. The Morgan fingerprint density at radius 1 is 1.21 bits per heavy atom. The fourth-order valence-corrected chi connectivity index (χ4v) is 5.75. The van der Waals surface area contributed by atoms with Gasteiger partial charge in [0.2, 0.25) is 5.91 Å². The highest BCUT2D eigenvalue weighted by Gasteiger charge is 2.40. The Bertz CT molecular complexity index is 841. The summed E-state index contributed by atoms with van der Waals surface area (Å²) in [5.41, 5.74) is 1.72. The molecule has 150 valence electrons. The second-order valence-corrected chi connectivity index (χ2v) is 9.39. The fourth-order valence-electron chi connectivity index (χ4n) is 4.37. The number of hydrogen-bond acceptors (Lipinski definition) is 5. The van der Waals surface area contributed by atoms with Crippen molar-refractivity contribution >= 4 is 34.1 Å². The first-order chi connectivity index (χ1) is 13.5. The molecule has 1 atom stereocenters. The number of likely N-dealkylation sites (N-methyl/N-ethyl adjacent to an activating group) is 1. The number of carbonyl (C=O) groups is 3. The zero-order valence-corrected chi connectivity index (χ0v) is 16.9. The average molecular weight is 404 g/mol. The van der Waals surface area contributed by atoms with Gasteiger partial charge in [0.15, 0.2) is 0 Å². The van der Waals surface area contributed by atoms with E-state index in [0.29, 0.717) is 44.1 Å². The largest absolute Gasteiger partial charge is 0.368 e. The van der Waals surface area contributed by atoms with Crippen LogP contribution in [0.2, 0.25) is 0 Å². The minimum Gasteiger partial charge on any atom is -0.368 e. The minimum absolute atomic E-state index is 0.00705. The molecular formula is C20H25N3O4S. The molecule has 3 aliphatic heterocycles. The van der Waals surface area contributed by atoms with Gasteiger partial charge >= 0.3 is 0 Å². The van der Waals surface area contributed by atoms with Crippen LogP contribution in [0.5, 0.6) is 0 Å². The summed E-state index contributed by atoms with van der Waals surface area (Å²) in [5.74, 6) is 0.526. The molecule has 3 amide bonds. The molecule has 2 fully saturated rings. The van der Waals surface area contributed by atoms with Crippen molar-refractivity contribution in [3.8, 4) is 0 Å². The predicted octanol–water partition coefficient (Wildman–Crippen LogP) is 1.64. The molecule has 1 unspecified atom stereocenters. The van der Waals surface area contributed by atoms with Gasteiger partial charge in [-0.05, 0) is 43.6 Å². The smallest absolute Gasteiger partial charge is 0.257 e. The molecule has 28 heavy (non-hydrogen) atoms. The topological polar surface area (TPSA) is 70.2 Å². The normalized spacial score (nSPS) is 25.0. The van der Waals surface area contributed by atoms with Crippen LogP contribution in [0.4, 0.5) is 5.00 Å². The van der Waals surface area contributed by atoms with Crippen LogP contribution in [0, 0.1) is 5.92 Å². The Morgan fingerprint density at radius 2 is 2.04 bits per heavy atom. The van der Waals surface area contributed by atoms with Gasteiger partial charge in [-0.3, -0.25) is 14.4 Å². The molecule has 0 radical (unpaired) electrons. The molecule has 1 saturated carbocycles. The van der Waals surface area contributed by atoms with Crippen molar-refractivity contribution in [2.75, 3.05) is 38.2 Å². The molecule has 1 aromatic heterocycles. The van der Waals surface area contributed by atoms with E-state index in [9.17, 15) is 14.4 Å². The lowest BCUT2D eigenvalue weighted by Gasteiger charge is -2.29. The molecule has 0 aromatic carbocycles. The van der Waals surface area contributed by atoms with E-state index in [1.807, 2.05) is 9.80 Å². The first-order valence-electron chi connectivity index (χ1n) is 10.1. The molecular weight excluding hydrogens is 378 g/mol. The van der Waals surface area contributed by atoms with Crippen LogP contribution in [-0.2, 0) is 27.3 Å². The average Bonchev–Trinajstić information content (AvgIpc) is 3.22. The van der Waals surface area contributed by atoms with Crippen LogP contribution in [0.15, 0.2) is 0 Å². The van der Waals surface area contributed by atoms with Crippen LogP contribution in [0.3, 0.4) is 0 Å². The van der Waals surface area contributed by atoms with E-state index < -0.39 is 0 Å². The summed E-state index contributed by atoms with van der Waals surface area (Å²) in [7, 11) is 1.70. The quantitative estimate of drug-likeness (QED) is 0.769. The fraction of sp³-hybridized carbons (Fsp3) is 0.650. The van der Waals surface area contributed by atoms with Crippen molar-refractivity contribution in [3.05, 3.63) is 16.0 Å². The van der Waals surface area contributed by atoms with Gasteiger partial charge in [-0.2, -0.15) is 0 Å². The molecule has 0 bridgehead atoms. The predicted molar refractivity (Wildman–Crippen MR) is 104 cm³/mol. The zero-order valence-electron chi connectivity index (χ0n) is 16.1. The van der Waals surface area contributed by atoms with Crippen molar-refractivity contribution in [1.29, 1.82) is 0 Å². The number of amides is 3. The maximum absolute atomic E-state index is 13.0. The summed E-state index contributed by atoms with van der Waals surface area (Å²) >= 11 is 1.53. The SMILES string of the molecule is CN1CC(=O)N(CC2CC2)c2sc3c(c2C1=O)CCN(C(=O)C1CCCO1)C3. The summed E-state index contributed by atoms with van der Waals surface area (Å²) in [6, 6.07) is 0. The van der Waals surface area contributed by atoms with Crippen molar-refractivity contribution in [2.45, 2.75) is 44.8 Å². The lowest BCUT2D eigenvalue weighted by atomic mass is 10.0. The van der Waals surface area contributed by atoms with E-state index in [1.54, 1.807) is 7.05 Å². The first kappa shape index (κ1) is 18.1. The zero-order chi connectivity index (χ0) is 19.4. The Morgan fingerprint density at radius 3 is 2.75 bits per heavy atom. The van der Waals surface area contributed by atoms with E-state index in [1.165, 1.54) is 16.2 Å². The molecule has 0 N–H and O–H groups in total. The molecule has 4 heterocycles. The molecule has 5 rings (SSSR count). The number of rotatable bonds is 3. The molecule has 1 aromatic rings. The van der Waals surface area contributed by atoms with Crippen LogP contribution in [0.25, 0.3) is 0 Å². The molecule has 1 aliphatic carbocycles. The number of thiophene rings is 1. The molecule has 7 nitrogen and oxygen atoms in total. The van der Waals surface area contributed by atoms with Crippen molar-refractivity contribution in [3.63, 3.8) is 0 Å². The van der Waals surface area contributed by atoms with Gasteiger partial charge in [-0.25, -0.2) is 0 Å². The number of hydrogen-bond donors (Lipinski definition) is 0. The third kappa shape index (κ3) is 3.03. The van der Waals surface area contributed by atoms with Gasteiger partial charge in [0.05, 0.1) is 12.1 Å². The second kappa shape index (κ2) is 6.84. The first-order valence-corrected chi connectivity index (χ1v) is 11.0. The Kier molecular flexibility index (Phi) is 4.43. The Hall–Kier alpha value is -1.93. The summed E-state index contributed by atoms with van der Waals surface area (Å²) in [5, 5.41) is 0.794. The summed E-state index contributed by atoms with van der Waals surface area (Å²) in [6.45, 7) is 2.59. The number of carbonyl (C=O) groups excluding carboxylic acids is 3.